The lowest BCUT2D eigenvalue weighted by molar-refractivity contribution is -0.119. The number of benzodiazepines with no additional fused rings is 1. The maximum absolute atomic E-state index is 13.2. The molecule has 0 aromatic heterocycles. The predicted molar refractivity (Wildman–Crippen MR) is 129 cm³/mol. The Bertz CT molecular complexity index is 991. The lowest BCUT2D eigenvalue weighted by atomic mass is 10.00. The quantitative estimate of drug-likeness (QED) is 0.627. The van der Waals surface area contributed by atoms with Crippen molar-refractivity contribution < 1.29 is 4.79 Å². The Balaban J connectivity index is 2.08. The van der Waals surface area contributed by atoms with E-state index in [2.05, 4.69) is 24.5 Å². The molecule has 1 atom stereocenters. The van der Waals surface area contributed by atoms with Crippen LogP contribution in [0, 0.1) is 0 Å². The van der Waals surface area contributed by atoms with Crippen molar-refractivity contribution >= 4 is 57.8 Å². The van der Waals surface area contributed by atoms with Crippen molar-refractivity contribution in [1.29, 1.82) is 0 Å². The molecular weight excluding hydrogens is 439 g/mol. The number of hydrogen-bond acceptors (Lipinski definition) is 3. The van der Waals surface area contributed by atoms with Gasteiger partial charge in [-0.1, -0.05) is 55.2 Å². The van der Waals surface area contributed by atoms with Crippen LogP contribution < -0.4 is 15.5 Å². The number of nitrogens with zero attached hydrogens (tertiary/aromatic N) is 2. The minimum atomic E-state index is -0.901. The van der Waals surface area contributed by atoms with E-state index in [1.54, 1.807) is 30.1 Å². The monoisotopic (exact) mass is 462 g/mol. The van der Waals surface area contributed by atoms with Gasteiger partial charge in [0.05, 0.1) is 11.4 Å². The lowest BCUT2D eigenvalue weighted by Crippen LogP contribution is -2.51. The van der Waals surface area contributed by atoms with Crippen LogP contribution in [0.15, 0.2) is 47.5 Å². The van der Waals surface area contributed by atoms with E-state index in [9.17, 15) is 4.79 Å². The minimum Gasteiger partial charge on any atom is -0.360 e. The van der Waals surface area contributed by atoms with Crippen LogP contribution in [0.1, 0.15) is 37.8 Å². The zero-order chi connectivity index (χ0) is 21.8. The first-order valence-corrected chi connectivity index (χ1v) is 11.0. The van der Waals surface area contributed by atoms with Gasteiger partial charge in [-0.25, -0.2) is 4.99 Å². The van der Waals surface area contributed by atoms with Gasteiger partial charge in [0, 0.05) is 34.3 Å². The van der Waals surface area contributed by atoms with E-state index in [0.29, 0.717) is 26.6 Å². The summed E-state index contributed by atoms with van der Waals surface area (Å²) in [5, 5.41) is 7.80. The third-order valence-electron chi connectivity index (χ3n) is 5.12. The molecule has 158 valence electrons. The average Bonchev–Trinajstić information content (AvgIpc) is 2.83. The van der Waals surface area contributed by atoms with Crippen LogP contribution in [-0.4, -0.2) is 36.0 Å². The second kappa shape index (κ2) is 9.77. The van der Waals surface area contributed by atoms with E-state index >= 15 is 0 Å². The van der Waals surface area contributed by atoms with Gasteiger partial charge in [0.25, 0.3) is 5.91 Å². The molecule has 0 fully saturated rings. The van der Waals surface area contributed by atoms with Gasteiger partial charge in [0.1, 0.15) is 0 Å². The summed E-state index contributed by atoms with van der Waals surface area (Å²) in [6.45, 7) is 4.17. The van der Waals surface area contributed by atoms with Crippen molar-refractivity contribution in [2.75, 3.05) is 11.9 Å². The number of rotatable bonds is 5. The first kappa shape index (κ1) is 22.5. The molecule has 30 heavy (non-hydrogen) atoms. The highest BCUT2D eigenvalue weighted by atomic mass is 35.5. The predicted octanol–water partition coefficient (Wildman–Crippen LogP) is 4.79. The second-order valence-electron chi connectivity index (χ2n) is 7.05. The van der Waals surface area contributed by atoms with E-state index < -0.39 is 6.17 Å². The molecule has 1 amide bonds. The number of thiocarbonyl (C=S) groups is 1. The third kappa shape index (κ3) is 4.77. The summed E-state index contributed by atoms with van der Waals surface area (Å²) in [6.07, 6.45) is 0.950. The van der Waals surface area contributed by atoms with Crippen LogP contribution in [0.2, 0.25) is 10.0 Å². The highest BCUT2D eigenvalue weighted by Gasteiger charge is 2.31. The first-order chi connectivity index (χ1) is 14.3. The van der Waals surface area contributed by atoms with Gasteiger partial charge in [-0.05, 0) is 49.3 Å². The summed E-state index contributed by atoms with van der Waals surface area (Å²) < 4.78 is 0. The zero-order valence-electron chi connectivity index (χ0n) is 17.1. The molecule has 0 bridgehead atoms. The summed E-state index contributed by atoms with van der Waals surface area (Å²) in [5.41, 5.74) is 2.73. The Kier molecular flexibility index (Phi) is 7.34. The fourth-order valence-electron chi connectivity index (χ4n) is 3.35. The van der Waals surface area contributed by atoms with Gasteiger partial charge in [0.2, 0.25) is 6.17 Å². The normalized spacial score (nSPS) is 16.1. The topological polar surface area (TPSA) is 56.7 Å². The van der Waals surface area contributed by atoms with Crippen LogP contribution >= 0.6 is 35.4 Å². The number of likely N-dealkylation sites (N-methyl/N-ethyl adjacent to an activating group) is 1. The Morgan fingerprint density at radius 2 is 1.87 bits per heavy atom. The summed E-state index contributed by atoms with van der Waals surface area (Å²) >= 11 is 18.2. The number of carbonyl (C=O) groups is 1. The molecule has 0 saturated carbocycles. The lowest BCUT2D eigenvalue weighted by Gasteiger charge is -2.23. The summed E-state index contributed by atoms with van der Waals surface area (Å²) in [7, 11) is 1.71. The number of nitrogens with one attached hydrogen (secondary N) is 2. The highest BCUT2D eigenvalue weighted by molar-refractivity contribution is 7.80. The van der Waals surface area contributed by atoms with Crippen molar-refractivity contribution in [3.8, 4) is 0 Å². The molecule has 0 saturated heterocycles. The van der Waals surface area contributed by atoms with Crippen LogP contribution in [0.4, 0.5) is 5.69 Å². The molecule has 0 spiro atoms. The molecule has 2 aromatic rings. The summed E-state index contributed by atoms with van der Waals surface area (Å²) in [5.74, 6) is -0.227. The zero-order valence-corrected chi connectivity index (χ0v) is 19.4. The van der Waals surface area contributed by atoms with E-state index in [4.69, 9.17) is 40.4 Å². The Labute approximate surface area is 192 Å². The molecule has 3 rings (SSSR count). The molecule has 1 aliphatic rings. The van der Waals surface area contributed by atoms with Crippen LogP contribution in [0.3, 0.4) is 0 Å². The molecule has 0 aliphatic carbocycles. The molecule has 2 N–H and O–H groups in total. The van der Waals surface area contributed by atoms with Gasteiger partial charge in [-0.3, -0.25) is 4.79 Å². The van der Waals surface area contributed by atoms with Gasteiger partial charge in [-0.15, -0.1) is 0 Å². The number of halogens is 2. The van der Waals surface area contributed by atoms with Gasteiger partial charge in [0.15, 0.2) is 5.11 Å². The van der Waals surface area contributed by atoms with Crippen molar-refractivity contribution in [3.63, 3.8) is 0 Å². The minimum absolute atomic E-state index is 0.227. The molecular formula is C22H24Cl2N4OS. The standard InChI is InChI=1S/C22H24Cl2N4OS/c1-4-14(5-2)25-22(30)27-20-21(29)28(3)18-11-10-13(23)12-16(18)19(26-20)15-8-6-7-9-17(15)24/h6-12,14,20H,4-5H2,1-3H3,(H2,25,27,30). The first-order valence-electron chi connectivity index (χ1n) is 9.82. The Morgan fingerprint density at radius 3 is 2.53 bits per heavy atom. The number of benzene rings is 2. The van der Waals surface area contributed by atoms with Gasteiger partial charge >= 0.3 is 0 Å². The average molecular weight is 463 g/mol. The number of hydrogen-bond donors (Lipinski definition) is 2. The molecule has 5 nitrogen and oxygen atoms in total. The Morgan fingerprint density at radius 1 is 1.17 bits per heavy atom. The fourth-order valence-corrected chi connectivity index (χ4v) is 4.03. The van der Waals surface area contributed by atoms with Crippen molar-refractivity contribution in [2.24, 2.45) is 4.99 Å². The number of fused-ring (bicyclic) bond motifs is 1. The van der Waals surface area contributed by atoms with E-state index in [1.165, 1.54) is 0 Å². The van der Waals surface area contributed by atoms with Crippen LogP contribution in [0.5, 0.6) is 0 Å². The van der Waals surface area contributed by atoms with Gasteiger partial charge < -0.3 is 15.5 Å². The molecule has 0 radical (unpaired) electrons. The molecule has 2 aromatic carbocycles. The fraction of sp³-hybridized carbons (Fsp3) is 0.318. The van der Waals surface area contributed by atoms with Crippen molar-refractivity contribution in [1.82, 2.24) is 10.6 Å². The third-order valence-corrected chi connectivity index (χ3v) is 5.92. The van der Waals surface area contributed by atoms with E-state index in [0.717, 1.165) is 24.0 Å². The molecule has 1 heterocycles. The largest absolute Gasteiger partial charge is 0.360 e. The van der Waals surface area contributed by atoms with Crippen LogP contribution in [-0.2, 0) is 4.79 Å². The Hall–Kier alpha value is -2.15. The molecule has 8 heteroatoms. The number of amides is 1. The number of anilines is 1. The van der Waals surface area contributed by atoms with Gasteiger partial charge in [-0.2, -0.15) is 0 Å². The van der Waals surface area contributed by atoms with Crippen LogP contribution in [0.25, 0.3) is 0 Å². The highest BCUT2D eigenvalue weighted by Crippen LogP contribution is 2.31. The SMILES string of the molecule is CCC(CC)NC(=S)NC1N=C(c2ccccc2Cl)c2cc(Cl)ccc2N(C)C1=O. The number of carbonyl (C=O) groups excluding carboxylic acids is 1. The molecule has 1 aliphatic heterocycles. The maximum Gasteiger partial charge on any atom is 0.272 e. The number of aliphatic imine (C=N–C) groups is 1. The molecule has 1 unspecified atom stereocenters. The van der Waals surface area contributed by atoms with Crippen molar-refractivity contribution in [3.05, 3.63) is 63.6 Å². The van der Waals surface area contributed by atoms with E-state index in [1.807, 2.05) is 24.3 Å². The summed E-state index contributed by atoms with van der Waals surface area (Å²) in [4.78, 5) is 19.5. The maximum atomic E-state index is 13.2. The second-order valence-corrected chi connectivity index (χ2v) is 8.30. The smallest absolute Gasteiger partial charge is 0.272 e. The van der Waals surface area contributed by atoms with E-state index in [-0.39, 0.29) is 11.9 Å². The van der Waals surface area contributed by atoms with Crippen molar-refractivity contribution in [2.45, 2.75) is 38.9 Å². The summed E-state index contributed by atoms with van der Waals surface area (Å²) in [6, 6.07) is 13.0.